The molecule has 0 saturated carbocycles. The number of unbranched alkanes of at least 4 members (excludes halogenated alkanes) is 33. The Kier molecular flexibility index (Phi) is 46.6. The molecule has 1 amide bonds. The minimum absolute atomic E-state index is 0.0212. The molecule has 3 N–H and O–H groups in total. The Morgan fingerprint density at radius 3 is 1.28 bits per heavy atom. The Bertz CT molecular complexity index is 904. The largest absolute Gasteiger partial charge is 0.466 e. The van der Waals surface area contributed by atoms with E-state index in [2.05, 4.69) is 43.5 Å². The number of carbonyl (C=O) groups excluding carboxylic acids is 2. The number of ether oxygens (including phenoxy) is 1. The zero-order chi connectivity index (χ0) is 42.3. The summed E-state index contributed by atoms with van der Waals surface area (Å²) in [4.78, 5) is 24.4. The van der Waals surface area contributed by atoms with E-state index in [4.69, 9.17) is 4.74 Å². The normalized spacial score (nSPS) is 12.8. The van der Waals surface area contributed by atoms with Crippen LogP contribution in [0.5, 0.6) is 0 Å². The van der Waals surface area contributed by atoms with E-state index in [0.29, 0.717) is 25.9 Å². The third-order valence-corrected chi connectivity index (χ3v) is 11.8. The molecule has 2 atom stereocenters. The van der Waals surface area contributed by atoms with Gasteiger partial charge >= 0.3 is 5.97 Å². The number of hydrogen-bond donors (Lipinski definition) is 3. The second-order valence-corrected chi connectivity index (χ2v) is 17.5. The van der Waals surface area contributed by atoms with E-state index in [1.807, 2.05) is 0 Å². The van der Waals surface area contributed by atoms with E-state index in [-0.39, 0.29) is 18.5 Å². The molecule has 0 aromatic rings. The van der Waals surface area contributed by atoms with Gasteiger partial charge in [-0.2, -0.15) is 0 Å². The molecule has 0 aliphatic carbocycles. The topological polar surface area (TPSA) is 95.9 Å². The highest BCUT2D eigenvalue weighted by Crippen LogP contribution is 2.16. The lowest BCUT2D eigenvalue weighted by atomic mass is 10.0. The van der Waals surface area contributed by atoms with Crippen LogP contribution in [0.25, 0.3) is 0 Å². The number of nitrogens with one attached hydrogen (secondary N) is 1. The second-order valence-electron chi connectivity index (χ2n) is 17.5. The Balaban J connectivity index is 3.53. The molecule has 0 saturated heterocycles. The molecule has 0 heterocycles. The first-order chi connectivity index (χ1) is 28.5. The maximum atomic E-state index is 12.4. The van der Waals surface area contributed by atoms with Crippen molar-refractivity contribution in [3.05, 3.63) is 24.3 Å². The fraction of sp³-hybridized carbons (Fsp3) is 0.885. The molecule has 0 aromatic heterocycles. The molecular weight excluding hydrogens is 719 g/mol. The molecule has 6 nitrogen and oxygen atoms in total. The van der Waals surface area contributed by atoms with Gasteiger partial charge in [0.1, 0.15) is 0 Å². The minimum Gasteiger partial charge on any atom is -0.466 e. The van der Waals surface area contributed by atoms with Gasteiger partial charge in [0, 0.05) is 12.8 Å². The van der Waals surface area contributed by atoms with E-state index in [1.54, 1.807) is 0 Å². The van der Waals surface area contributed by atoms with Crippen molar-refractivity contribution < 1.29 is 24.5 Å². The minimum atomic E-state index is -0.677. The maximum absolute atomic E-state index is 12.4. The highest BCUT2D eigenvalue weighted by atomic mass is 16.5. The summed E-state index contributed by atoms with van der Waals surface area (Å²) in [5, 5.41) is 23.2. The quantitative estimate of drug-likeness (QED) is 0.0323. The van der Waals surface area contributed by atoms with Crippen LogP contribution in [0, 0.1) is 0 Å². The van der Waals surface area contributed by atoms with Crippen LogP contribution in [0.3, 0.4) is 0 Å². The summed E-state index contributed by atoms with van der Waals surface area (Å²) in [6.45, 7) is 4.89. The van der Waals surface area contributed by atoms with E-state index >= 15 is 0 Å². The highest BCUT2D eigenvalue weighted by molar-refractivity contribution is 5.76. The summed E-state index contributed by atoms with van der Waals surface area (Å²) in [6.07, 6.45) is 55.7. The lowest BCUT2D eigenvalue weighted by Crippen LogP contribution is -2.45. The van der Waals surface area contributed by atoms with E-state index in [1.165, 1.54) is 161 Å². The van der Waals surface area contributed by atoms with Gasteiger partial charge in [-0.3, -0.25) is 9.59 Å². The molecule has 58 heavy (non-hydrogen) atoms. The van der Waals surface area contributed by atoms with Gasteiger partial charge in [-0.25, -0.2) is 0 Å². The van der Waals surface area contributed by atoms with Crippen molar-refractivity contribution in [1.29, 1.82) is 0 Å². The Morgan fingerprint density at radius 2 is 0.845 bits per heavy atom. The van der Waals surface area contributed by atoms with Gasteiger partial charge in [-0.1, -0.05) is 224 Å². The third-order valence-electron chi connectivity index (χ3n) is 11.8. The maximum Gasteiger partial charge on any atom is 0.305 e. The van der Waals surface area contributed by atoms with Crippen LogP contribution in [0.4, 0.5) is 0 Å². The molecule has 0 rings (SSSR count). The fourth-order valence-electron chi connectivity index (χ4n) is 7.81. The van der Waals surface area contributed by atoms with Crippen molar-refractivity contribution in [2.24, 2.45) is 0 Å². The molecule has 0 spiro atoms. The van der Waals surface area contributed by atoms with Gasteiger partial charge in [-0.15, -0.1) is 0 Å². The number of allylic oxidation sites excluding steroid dienone is 4. The monoisotopic (exact) mass is 818 g/mol. The highest BCUT2D eigenvalue weighted by Gasteiger charge is 2.20. The number of amides is 1. The van der Waals surface area contributed by atoms with Crippen LogP contribution >= 0.6 is 0 Å². The summed E-state index contributed by atoms with van der Waals surface area (Å²) in [7, 11) is 0. The summed E-state index contributed by atoms with van der Waals surface area (Å²) in [5.74, 6) is -0.0784. The van der Waals surface area contributed by atoms with Crippen molar-refractivity contribution in [2.75, 3.05) is 13.2 Å². The predicted molar refractivity (Wildman–Crippen MR) is 250 cm³/mol. The van der Waals surface area contributed by atoms with Crippen molar-refractivity contribution >= 4 is 11.9 Å². The number of aliphatic hydroxyl groups is 2. The van der Waals surface area contributed by atoms with Gasteiger partial charge in [0.2, 0.25) is 5.91 Å². The average Bonchev–Trinajstić information content (AvgIpc) is 3.22. The van der Waals surface area contributed by atoms with E-state index in [9.17, 15) is 19.8 Å². The Hall–Kier alpha value is -1.66. The van der Waals surface area contributed by atoms with E-state index < -0.39 is 12.1 Å². The lowest BCUT2D eigenvalue weighted by Gasteiger charge is -2.22. The van der Waals surface area contributed by atoms with Crippen molar-refractivity contribution in [2.45, 2.75) is 283 Å². The molecule has 2 unspecified atom stereocenters. The van der Waals surface area contributed by atoms with Gasteiger partial charge < -0.3 is 20.3 Å². The van der Waals surface area contributed by atoms with Gasteiger partial charge in [0.15, 0.2) is 0 Å². The van der Waals surface area contributed by atoms with Crippen LogP contribution < -0.4 is 5.32 Å². The van der Waals surface area contributed by atoms with Crippen LogP contribution in [0.1, 0.15) is 271 Å². The summed E-state index contributed by atoms with van der Waals surface area (Å²) >= 11 is 0. The first kappa shape index (κ1) is 56.3. The van der Waals surface area contributed by atoms with Crippen LogP contribution in [0.2, 0.25) is 0 Å². The van der Waals surface area contributed by atoms with Gasteiger partial charge in [0.25, 0.3) is 0 Å². The second kappa shape index (κ2) is 48.0. The zero-order valence-electron chi connectivity index (χ0n) is 38.8. The van der Waals surface area contributed by atoms with Crippen LogP contribution in [-0.4, -0.2) is 47.4 Å². The SMILES string of the molecule is CCCCCCCCCCCCCCCCC(O)C(CO)NC(=O)CCCCCCCC/C=C\C=C/CCCCCOC(=O)CCCCCCCCCCCCCC. The summed E-state index contributed by atoms with van der Waals surface area (Å²) in [6, 6.07) is -0.557. The van der Waals surface area contributed by atoms with Crippen LogP contribution in [-0.2, 0) is 14.3 Å². The molecule has 0 aromatic carbocycles. The smallest absolute Gasteiger partial charge is 0.305 e. The fourth-order valence-corrected chi connectivity index (χ4v) is 7.81. The van der Waals surface area contributed by atoms with Gasteiger partial charge in [-0.05, 0) is 57.8 Å². The van der Waals surface area contributed by atoms with Crippen molar-refractivity contribution in [3.8, 4) is 0 Å². The molecule has 0 radical (unpaired) electrons. The molecule has 6 heteroatoms. The molecule has 0 fully saturated rings. The summed E-state index contributed by atoms with van der Waals surface area (Å²) in [5.41, 5.74) is 0. The number of carbonyl (C=O) groups is 2. The van der Waals surface area contributed by atoms with E-state index in [0.717, 1.165) is 77.0 Å². The lowest BCUT2D eigenvalue weighted by molar-refractivity contribution is -0.143. The Morgan fingerprint density at radius 1 is 0.483 bits per heavy atom. The standard InChI is InChI=1S/C52H99NO5/c1-3-5-7-9-11-13-15-17-21-24-28-32-36-40-44-50(55)49(48-54)53-51(56)45-41-37-33-29-25-22-19-18-20-23-27-31-35-39-43-47-58-52(57)46-42-38-34-30-26-16-14-12-10-8-6-4-2/h18,20,23,27,49-50,54-55H,3-17,19,21-22,24-26,28-48H2,1-2H3,(H,53,56)/b20-18-,27-23-. The van der Waals surface area contributed by atoms with Crippen molar-refractivity contribution in [1.82, 2.24) is 5.32 Å². The van der Waals surface area contributed by atoms with Crippen LogP contribution in [0.15, 0.2) is 24.3 Å². The predicted octanol–water partition coefficient (Wildman–Crippen LogP) is 15.1. The first-order valence-corrected chi connectivity index (χ1v) is 25.6. The third kappa shape index (κ3) is 43.9. The Labute approximate surface area is 361 Å². The molecule has 342 valence electrons. The molecule has 0 aliphatic rings. The molecular formula is C52H99NO5. The molecule has 0 aliphatic heterocycles. The van der Waals surface area contributed by atoms with Crippen molar-refractivity contribution in [3.63, 3.8) is 0 Å². The van der Waals surface area contributed by atoms with Gasteiger partial charge in [0.05, 0.1) is 25.4 Å². The number of rotatable bonds is 47. The number of hydrogen-bond acceptors (Lipinski definition) is 5. The average molecular weight is 818 g/mol. The first-order valence-electron chi connectivity index (χ1n) is 25.6. The molecule has 0 bridgehead atoms. The zero-order valence-corrected chi connectivity index (χ0v) is 38.8. The summed E-state index contributed by atoms with van der Waals surface area (Å²) < 4.78 is 5.43. The number of esters is 1. The number of aliphatic hydroxyl groups excluding tert-OH is 2.